The van der Waals surface area contributed by atoms with Gasteiger partial charge in [-0.05, 0) is 61.1 Å². The molecule has 0 radical (unpaired) electrons. The molecule has 119 heavy (non-hydrogen) atoms. The second-order valence-electron chi connectivity index (χ2n) is 38.2. The van der Waals surface area contributed by atoms with E-state index in [4.69, 9.17) is 0 Å². The molecule has 0 fully saturated rings. The van der Waals surface area contributed by atoms with Gasteiger partial charge < -0.3 is 9.11 Å². The third kappa shape index (κ3) is 93.5. The number of hydrogen-bond donors (Lipinski definition) is 0. The zero-order valence-electron chi connectivity index (χ0n) is 80.5. The van der Waals surface area contributed by atoms with Gasteiger partial charge in [-0.1, -0.05) is 629 Å². The molecule has 0 atom stereocenters. The van der Waals surface area contributed by atoms with Gasteiger partial charge in [0.25, 0.3) is 0 Å². The van der Waals surface area contributed by atoms with Crippen molar-refractivity contribution in [2.75, 3.05) is 0 Å². The molecule has 0 bridgehead atoms. The molecular weight excluding hydrogens is 1520 g/mol. The number of benzene rings is 2. The normalized spacial score (nSPS) is 11.8. The Hall–Kier alpha value is -0.480. The SMILES string of the molecule is CCCCCCCCCCCCCCCCCCCCCCCCCCCCCCCCCCCCCCCCCCCCCCCCCc1ccc(S(=O)(=O)[O-])cc1.CCCCCCCCCCCCCCCCCCCCCCCCCCCCCCCCCCCCCCCCCCCCCCCCCc1ccc(S(=O)(=O)[O-])cc1.[Ca+2]. The molecule has 0 aromatic heterocycles. The summed E-state index contributed by atoms with van der Waals surface area (Å²) in [5, 5.41) is 0. The maximum absolute atomic E-state index is 11.0. The summed E-state index contributed by atoms with van der Waals surface area (Å²) in [6.45, 7) is 4.62. The van der Waals surface area contributed by atoms with E-state index in [0.717, 1.165) is 36.8 Å². The van der Waals surface area contributed by atoms with E-state index in [2.05, 4.69) is 13.8 Å². The van der Waals surface area contributed by atoms with Crippen molar-refractivity contribution < 1.29 is 25.9 Å². The van der Waals surface area contributed by atoms with Crippen molar-refractivity contribution in [1.82, 2.24) is 0 Å². The van der Waals surface area contributed by atoms with E-state index in [9.17, 15) is 25.9 Å². The van der Waals surface area contributed by atoms with E-state index in [0.29, 0.717) is 0 Å². The Labute approximate surface area is 777 Å². The summed E-state index contributed by atoms with van der Waals surface area (Å²) >= 11 is 0. The van der Waals surface area contributed by atoms with Gasteiger partial charge >= 0.3 is 37.7 Å². The largest absolute Gasteiger partial charge is 2.00 e. The molecule has 0 aliphatic heterocycles. The summed E-state index contributed by atoms with van der Waals surface area (Å²) < 4.78 is 66.2. The van der Waals surface area contributed by atoms with Gasteiger partial charge in [-0.15, -0.1) is 0 Å². The van der Waals surface area contributed by atoms with Crippen LogP contribution in [0, 0.1) is 0 Å². The predicted octanol–water partition coefficient (Wildman–Crippen LogP) is 38.6. The summed E-state index contributed by atoms with van der Waals surface area (Å²) in [6.07, 6.45) is 138. The van der Waals surface area contributed by atoms with Crippen molar-refractivity contribution in [1.29, 1.82) is 0 Å². The first-order chi connectivity index (χ1) is 58.1. The average Bonchev–Trinajstić information content (AvgIpc) is 0.867. The van der Waals surface area contributed by atoms with E-state index in [1.54, 1.807) is 24.3 Å². The minimum absolute atomic E-state index is 0. The Balaban J connectivity index is 0.00000232. The summed E-state index contributed by atoms with van der Waals surface area (Å²) in [5.74, 6) is 0. The minimum Gasteiger partial charge on any atom is -0.744 e. The molecule has 696 valence electrons. The van der Waals surface area contributed by atoms with Gasteiger partial charge in [-0.2, -0.15) is 0 Å². The van der Waals surface area contributed by atoms with Crippen LogP contribution in [-0.4, -0.2) is 63.7 Å². The van der Waals surface area contributed by atoms with Gasteiger partial charge in [-0.25, -0.2) is 16.8 Å². The van der Waals surface area contributed by atoms with Gasteiger partial charge in [0.15, 0.2) is 0 Å². The van der Waals surface area contributed by atoms with Crippen molar-refractivity contribution in [3.05, 3.63) is 59.7 Å². The van der Waals surface area contributed by atoms with Crippen LogP contribution in [0.25, 0.3) is 0 Å². The second-order valence-corrected chi connectivity index (χ2v) is 41.0. The zero-order valence-corrected chi connectivity index (χ0v) is 84.3. The molecule has 2 rings (SSSR count). The first kappa shape index (κ1) is 119. The molecular formula is C110H206CaO6S2. The van der Waals surface area contributed by atoms with E-state index in [1.807, 2.05) is 0 Å². The van der Waals surface area contributed by atoms with Gasteiger partial charge in [0, 0.05) is 0 Å². The van der Waals surface area contributed by atoms with Crippen LogP contribution in [0.2, 0.25) is 0 Å². The molecule has 0 heterocycles. The topological polar surface area (TPSA) is 114 Å². The van der Waals surface area contributed by atoms with Crippen molar-refractivity contribution in [2.45, 2.75) is 640 Å². The molecule has 0 unspecified atom stereocenters. The molecule has 0 amide bonds. The van der Waals surface area contributed by atoms with E-state index in [-0.39, 0.29) is 47.5 Å². The van der Waals surface area contributed by atoms with Crippen molar-refractivity contribution in [3.63, 3.8) is 0 Å². The second kappa shape index (κ2) is 98.1. The van der Waals surface area contributed by atoms with Crippen molar-refractivity contribution >= 4 is 58.0 Å². The fraction of sp³-hybridized carbons (Fsp3) is 0.891. The monoisotopic (exact) mass is 1730 g/mol. The van der Waals surface area contributed by atoms with E-state index < -0.39 is 20.2 Å². The number of unbranched alkanes of at least 4 members (excludes halogenated alkanes) is 92. The smallest absolute Gasteiger partial charge is 0.744 e. The van der Waals surface area contributed by atoms with Crippen LogP contribution in [0.3, 0.4) is 0 Å². The molecule has 0 saturated carbocycles. The Morgan fingerprint density at radius 1 is 0.151 bits per heavy atom. The maximum Gasteiger partial charge on any atom is 2.00 e. The molecule has 0 aliphatic carbocycles. The molecule has 0 N–H and O–H groups in total. The summed E-state index contributed by atoms with van der Waals surface area (Å²) in [4.78, 5) is -0.262. The standard InChI is InChI=1S/2C55H104O3S.Ca/c2*1-2-3-4-5-6-7-8-9-10-11-12-13-14-15-16-17-18-19-20-21-22-23-24-25-26-27-28-29-30-31-32-33-34-35-36-37-38-39-40-41-42-43-44-45-46-47-48-49-54-50-52-55(53-51-54)59(56,57)58;/h2*50-53H,2-49H2,1H3,(H,56,57,58);/q;;+2/p-2. The van der Waals surface area contributed by atoms with Crippen LogP contribution in [0.1, 0.15) is 629 Å². The minimum atomic E-state index is -4.33. The average molecular weight is 1730 g/mol. The number of hydrogen-bond acceptors (Lipinski definition) is 6. The molecule has 2 aromatic rings. The quantitative estimate of drug-likeness (QED) is 0.0370. The van der Waals surface area contributed by atoms with Crippen LogP contribution in [0.5, 0.6) is 0 Å². The molecule has 0 spiro atoms. The van der Waals surface area contributed by atoms with Gasteiger partial charge in [-0.3, -0.25) is 0 Å². The first-order valence-electron chi connectivity index (χ1n) is 54.2. The zero-order chi connectivity index (χ0) is 84.8. The van der Waals surface area contributed by atoms with Gasteiger partial charge in [0.1, 0.15) is 20.2 Å². The molecule has 0 aliphatic rings. The van der Waals surface area contributed by atoms with Crippen molar-refractivity contribution in [2.24, 2.45) is 0 Å². The number of aryl methyl sites for hydroxylation is 2. The molecule has 9 heteroatoms. The van der Waals surface area contributed by atoms with Crippen LogP contribution >= 0.6 is 0 Å². The van der Waals surface area contributed by atoms with Crippen LogP contribution in [0.15, 0.2) is 58.3 Å². The number of rotatable bonds is 98. The third-order valence-corrected chi connectivity index (χ3v) is 28.3. The summed E-state index contributed by atoms with van der Waals surface area (Å²) in [5.41, 5.74) is 2.23. The Morgan fingerprint density at radius 3 is 0.319 bits per heavy atom. The fourth-order valence-electron chi connectivity index (χ4n) is 18.4. The van der Waals surface area contributed by atoms with Gasteiger partial charge in [0.2, 0.25) is 0 Å². The van der Waals surface area contributed by atoms with Gasteiger partial charge in [0.05, 0.1) is 9.79 Å². The summed E-state index contributed by atoms with van der Waals surface area (Å²) in [7, 11) is -8.67. The molecule has 0 saturated heterocycles. The third-order valence-electron chi connectivity index (χ3n) is 26.6. The van der Waals surface area contributed by atoms with Crippen molar-refractivity contribution in [3.8, 4) is 0 Å². The Kier molecular flexibility index (Phi) is 97.7. The Morgan fingerprint density at radius 2 is 0.235 bits per heavy atom. The fourth-order valence-corrected chi connectivity index (χ4v) is 19.3. The van der Waals surface area contributed by atoms with Crippen LogP contribution in [0.4, 0.5) is 0 Å². The van der Waals surface area contributed by atoms with E-state index in [1.165, 1.54) is 615 Å². The maximum atomic E-state index is 11.0. The molecule has 2 aromatic carbocycles. The predicted molar refractivity (Wildman–Crippen MR) is 527 cm³/mol. The Bertz CT molecular complexity index is 2280. The summed E-state index contributed by atoms with van der Waals surface area (Å²) in [6, 6.07) is 12.8. The van der Waals surface area contributed by atoms with Crippen LogP contribution < -0.4 is 0 Å². The van der Waals surface area contributed by atoms with E-state index >= 15 is 0 Å². The molecule has 6 nitrogen and oxygen atoms in total. The van der Waals surface area contributed by atoms with Crippen LogP contribution in [-0.2, 0) is 33.1 Å². The first-order valence-corrected chi connectivity index (χ1v) is 57.0.